The van der Waals surface area contributed by atoms with E-state index in [0.717, 1.165) is 21.9 Å². The number of esters is 1. The number of carbonyl (C=O) groups excluding carboxylic acids is 2. The molecular formula is C24H25NO3. The van der Waals surface area contributed by atoms with Crippen LogP contribution in [0.4, 0.5) is 0 Å². The first-order chi connectivity index (χ1) is 13.6. The summed E-state index contributed by atoms with van der Waals surface area (Å²) in [7, 11) is 0. The Bertz CT molecular complexity index is 942. The summed E-state index contributed by atoms with van der Waals surface area (Å²) < 4.78 is 5.27. The largest absolute Gasteiger partial charge is 0.464 e. The molecule has 0 unspecified atom stereocenters. The third-order valence-electron chi connectivity index (χ3n) is 4.66. The molecule has 0 aliphatic carbocycles. The van der Waals surface area contributed by atoms with Gasteiger partial charge in [-0.25, -0.2) is 0 Å². The topological polar surface area (TPSA) is 55.4 Å². The van der Waals surface area contributed by atoms with Gasteiger partial charge < -0.3 is 10.1 Å². The van der Waals surface area contributed by atoms with Gasteiger partial charge in [0.1, 0.15) is 6.61 Å². The van der Waals surface area contributed by atoms with Gasteiger partial charge in [0, 0.05) is 6.42 Å². The van der Waals surface area contributed by atoms with E-state index in [2.05, 4.69) is 5.32 Å². The van der Waals surface area contributed by atoms with Crippen LogP contribution in [0.3, 0.4) is 0 Å². The van der Waals surface area contributed by atoms with Crippen molar-refractivity contribution >= 4 is 22.6 Å². The van der Waals surface area contributed by atoms with E-state index in [1.54, 1.807) is 0 Å². The third-order valence-corrected chi connectivity index (χ3v) is 4.66. The molecule has 0 radical (unpaired) electrons. The quantitative estimate of drug-likeness (QED) is 0.479. The van der Waals surface area contributed by atoms with E-state index in [9.17, 15) is 9.59 Å². The van der Waals surface area contributed by atoms with E-state index in [-0.39, 0.29) is 24.9 Å². The molecule has 28 heavy (non-hydrogen) atoms. The van der Waals surface area contributed by atoms with Crippen LogP contribution in [0.5, 0.6) is 0 Å². The van der Waals surface area contributed by atoms with Gasteiger partial charge >= 0.3 is 5.97 Å². The minimum atomic E-state index is -0.287. The van der Waals surface area contributed by atoms with Crippen molar-refractivity contribution < 1.29 is 14.3 Å². The lowest BCUT2D eigenvalue weighted by molar-refractivity contribution is -0.143. The van der Waals surface area contributed by atoms with E-state index in [1.165, 1.54) is 5.56 Å². The molecule has 0 atom stereocenters. The fourth-order valence-electron chi connectivity index (χ4n) is 3.11. The molecule has 4 nitrogen and oxygen atoms in total. The van der Waals surface area contributed by atoms with Crippen LogP contribution >= 0.6 is 0 Å². The summed E-state index contributed by atoms with van der Waals surface area (Å²) >= 11 is 0. The van der Waals surface area contributed by atoms with Crippen molar-refractivity contribution in [3.05, 3.63) is 83.4 Å². The molecule has 1 N–H and O–H groups in total. The lowest BCUT2D eigenvalue weighted by Crippen LogP contribution is -2.28. The van der Waals surface area contributed by atoms with Crippen molar-refractivity contribution in [2.24, 2.45) is 0 Å². The Morgan fingerprint density at radius 3 is 2.50 bits per heavy atom. The summed E-state index contributed by atoms with van der Waals surface area (Å²) in [5.41, 5.74) is 3.30. The average Bonchev–Trinajstić information content (AvgIpc) is 2.71. The first-order valence-corrected chi connectivity index (χ1v) is 9.56. The summed E-state index contributed by atoms with van der Waals surface area (Å²) in [6, 6.07) is 22.0. The Hall–Kier alpha value is -3.14. The second-order valence-corrected chi connectivity index (χ2v) is 6.87. The Balaban J connectivity index is 1.37. The second-order valence-electron chi connectivity index (χ2n) is 6.87. The maximum Gasteiger partial charge on any atom is 0.310 e. The molecule has 0 aromatic heterocycles. The van der Waals surface area contributed by atoms with Gasteiger partial charge in [-0.1, -0.05) is 72.3 Å². The normalized spacial score (nSPS) is 10.6. The zero-order valence-electron chi connectivity index (χ0n) is 16.1. The fraction of sp³-hybridized carbons (Fsp3) is 0.250. The Kier molecular flexibility index (Phi) is 6.79. The second kappa shape index (κ2) is 9.70. The van der Waals surface area contributed by atoms with Crippen LogP contribution in [0, 0.1) is 6.92 Å². The van der Waals surface area contributed by atoms with Crippen molar-refractivity contribution in [2.75, 3.05) is 13.2 Å². The van der Waals surface area contributed by atoms with Crippen LogP contribution in [0.25, 0.3) is 10.8 Å². The molecule has 0 saturated heterocycles. The number of carbonyl (C=O) groups is 2. The van der Waals surface area contributed by atoms with Gasteiger partial charge in [-0.15, -0.1) is 0 Å². The molecule has 0 spiro atoms. The molecule has 0 aliphatic rings. The molecule has 0 saturated carbocycles. The Morgan fingerprint density at radius 2 is 1.68 bits per heavy atom. The molecule has 1 amide bonds. The first-order valence-electron chi connectivity index (χ1n) is 9.56. The molecule has 0 fully saturated rings. The zero-order valence-corrected chi connectivity index (χ0v) is 16.1. The number of hydrogen-bond acceptors (Lipinski definition) is 3. The minimum Gasteiger partial charge on any atom is -0.464 e. The highest BCUT2D eigenvalue weighted by molar-refractivity contribution is 5.89. The van der Waals surface area contributed by atoms with E-state index >= 15 is 0 Å². The smallest absolute Gasteiger partial charge is 0.310 e. The number of benzene rings is 3. The van der Waals surface area contributed by atoms with E-state index in [4.69, 9.17) is 4.74 Å². The standard InChI is InChI=1S/C24H25NO3/c1-18-9-11-19(12-10-18)13-14-23(26)25-15-16-28-24(27)17-21-7-4-6-20-5-2-3-8-22(20)21/h2-12H,13-17H2,1H3,(H,25,26). The average molecular weight is 375 g/mol. The number of aryl methyl sites for hydroxylation is 2. The zero-order chi connectivity index (χ0) is 19.8. The van der Waals surface area contributed by atoms with Gasteiger partial charge in [0.2, 0.25) is 5.91 Å². The van der Waals surface area contributed by atoms with Crippen LogP contribution in [-0.2, 0) is 27.2 Å². The molecule has 3 aromatic rings. The van der Waals surface area contributed by atoms with Gasteiger partial charge in [0.25, 0.3) is 0 Å². The van der Waals surface area contributed by atoms with Crippen LogP contribution in [0.15, 0.2) is 66.7 Å². The van der Waals surface area contributed by atoms with E-state index < -0.39 is 0 Å². The highest BCUT2D eigenvalue weighted by atomic mass is 16.5. The number of amides is 1. The molecule has 0 heterocycles. The first kappa shape index (κ1) is 19.6. The summed E-state index contributed by atoms with van der Waals surface area (Å²) in [6.45, 7) is 2.55. The lowest BCUT2D eigenvalue weighted by Gasteiger charge is -2.09. The van der Waals surface area contributed by atoms with E-state index in [1.807, 2.05) is 73.7 Å². The Morgan fingerprint density at radius 1 is 0.929 bits per heavy atom. The maximum absolute atomic E-state index is 12.1. The molecule has 3 aromatic carbocycles. The van der Waals surface area contributed by atoms with Crippen LogP contribution in [0.1, 0.15) is 23.1 Å². The number of fused-ring (bicyclic) bond motifs is 1. The minimum absolute atomic E-state index is 0.0364. The summed E-state index contributed by atoms with van der Waals surface area (Å²) in [5, 5.41) is 4.96. The van der Waals surface area contributed by atoms with Crippen LogP contribution in [-0.4, -0.2) is 25.0 Å². The molecule has 3 rings (SSSR count). The SMILES string of the molecule is Cc1ccc(CCC(=O)NCCOC(=O)Cc2cccc3ccccc23)cc1. The van der Waals surface area contributed by atoms with E-state index in [0.29, 0.717) is 19.4 Å². The molecule has 0 bridgehead atoms. The van der Waals surface area contributed by atoms with Crippen LogP contribution < -0.4 is 5.32 Å². The van der Waals surface area contributed by atoms with Gasteiger partial charge in [0.15, 0.2) is 0 Å². The Labute approximate surface area is 165 Å². The summed E-state index contributed by atoms with van der Waals surface area (Å²) in [6.07, 6.45) is 1.35. The van der Waals surface area contributed by atoms with Gasteiger partial charge in [-0.05, 0) is 35.2 Å². The number of hydrogen-bond donors (Lipinski definition) is 1. The highest BCUT2D eigenvalue weighted by Gasteiger charge is 2.08. The highest BCUT2D eigenvalue weighted by Crippen LogP contribution is 2.19. The predicted molar refractivity (Wildman–Crippen MR) is 111 cm³/mol. The fourth-order valence-corrected chi connectivity index (χ4v) is 3.11. The van der Waals surface area contributed by atoms with Gasteiger partial charge in [0.05, 0.1) is 13.0 Å². The maximum atomic E-state index is 12.1. The van der Waals surface area contributed by atoms with Crippen molar-refractivity contribution in [3.8, 4) is 0 Å². The van der Waals surface area contributed by atoms with Crippen LogP contribution in [0.2, 0.25) is 0 Å². The summed E-state index contributed by atoms with van der Waals surface area (Å²) in [4.78, 5) is 24.0. The third kappa shape index (κ3) is 5.68. The molecule has 0 aliphatic heterocycles. The summed E-state index contributed by atoms with van der Waals surface area (Å²) in [5.74, 6) is -0.323. The van der Waals surface area contributed by atoms with Gasteiger partial charge in [-0.2, -0.15) is 0 Å². The molecule has 4 heteroatoms. The van der Waals surface area contributed by atoms with Crippen molar-refractivity contribution in [3.63, 3.8) is 0 Å². The number of rotatable bonds is 8. The predicted octanol–water partition coefficient (Wildman–Crippen LogP) is 3.98. The number of ether oxygens (including phenoxy) is 1. The van der Waals surface area contributed by atoms with Crippen molar-refractivity contribution in [1.82, 2.24) is 5.32 Å². The lowest BCUT2D eigenvalue weighted by atomic mass is 10.0. The van der Waals surface area contributed by atoms with Crippen molar-refractivity contribution in [2.45, 2.75) is 26.2 Å². The number of nitrogens with one attached hydrogen (secondary N) is 1. The van der Waals surface area contributed by atoms with Gasteiger partial charge in [-0.3, -0.25) is 9.59 Å². The monoisotopic (exact) mass is 375 g/mol. The van der Waals surface area contributed by atoms with Crippen molar-refractivity contribution in [1.29, 1.82) is 0 Å². The molecule has 144 valence electrons. The molecular weight excluding hydrogens is 350 g/mol.